The number of nitro groups is 1. The van der Waals surface area contributed by atoms with E-state index < -0.39 is 10.9 Å². The first kappa shape index (κ1) is 14.1. The molecule has 1 heterocycles. The molecule has 8 heteroatoms. The molecule has 1 N–H and O–H groups in total. The van der Waals surface area contributed by atoms with Crippen LogP contribution in [0.3, 0.4) is 0 Å². The Morgan fingerprint density at radius 1 is 1.56 bits per heavy atom. The molecule has 0 fully saturated rings. The highest BCUT2D eigenvalue weighted by Gasteiger charge is 2.19. The molecule has 7 nitrogen and oxygen atoms in total. The minimum atomic E-state index is -0.988. The van der Waals surface area contributed by atoms with E-state index in [0.717, 1.165) is 11.3 Å². The Kier molecular flexibility index (Phi) is 4.78. The molecule has 0 saturated carbocycles. The van der Waals surface area contributed by atoms with Gasteiger partial charge in [0.2, 0.25) is 0 Å². The quantitative estimate of drug-likeness (QED) is 0.626. The fraction of sp³-hybridized carbons (Fsp3) is 0.400. The summed E-state index contributed by atoms with van der Waals surface area (Å²) in [5.74, 6) is -1.37. The summed E-state index contributed by atoms with van der Waals surface area (Å²) >= 11 is 0.875. The Morgan fingerprint density at radius 3 is 2.67 bits per heavy atom. The summed E-state index contributed by atoms with van der Waals surface area (Å²) in [6, 6.07) is 1.20. The number of thiophene rings is 1. The zero-order chi connectivity index (χ0) is 13.7. The van der Waals surface area contributed by atoms with Gasteiger partial charge in [0.05, 0.1) is 16.9 Å². The van der Waals surface area contributed by atoms with Gasteiger partial charge < -0.3 is 10.0 Å². The third kappa shape index (κ3) is 3.52. The summed E-state index contributed by atoms with van der Waals surface area (Å²) < 4.78 is 0. The largest absolute Gasteiger partial charge is 0.481 e. The lowest BCUT2D eigenvalue weighted by Gasteiger charge is -2.18. The van der Waals surface area contributed by atoms with Crippen molar-refractivity contribution in [1.82, 2.24) is 4.90 Å². The third-order valence-corrected chi connectivity index (χ3v) is 3.16. The van der Waals surface area contributed by atoms with Crippen LogP contribution in [-0.4, -0.2) is 39.9 Å². The lowest BCUT2D eigenvalue weighted by atomic mass is 10.2. The standard InChI is InChI=1S/C10H12N2O5S/c1-2-11(4-3-9(13)14)10(15)7-5-8(12(16)17)18-6-7/h5-6H,2-4H2,1H3,(H,13,14). The lowest BCUT2D eigenvalue weighted by molar-refractivity contribution is -0.380. The Hall–Kier alpha value is -1.96. The SMILES string of the molecule is CCN(CCC(=O)O)C(=O)c1csc([N+](=O)[O-])c1. The maximum Gasteiger partial charge on any atom is 0.324 e. The van der Waals surface area contributed by atoms with Gasteiger partial charge in [-0.05, 0) is 6.92 Å². The number of nitrogens with zero attached hydrogens (tertiary/aromatic N) is 2. The Balaban J connectivity index is 2.76. The average molecular weight is 272 g/mol. The van der Waals surface area contributed by atoms with Gasteiger partial charge in [-0.25, -0.2) is 0 Å². The molecule has 1 aromatic heterocycles. The molecule has 0 aliphatic heterocycles. The third-order valence-electron chi connectivity index (χ3n) is 2.28. The number of carboxylic acid groups (broad SMARTS) is 1. The number of carbonyl (C=O) groups excluding carboxylic acids is 1. The summed E-state index contributed by atoms with van der Waals surface area (Å²) in [4.78, 5) is 33.7. The fourth-order valence-corrected chi connectivity index (χ4v) is 2.05. The first-order chi connectivity index (χ1) is 8.45. The zero-order valence-electron chi connectivity index (χ0n) is 9.66. The van der Waals surface area contributed by atoms with Crippen LogP contribution in [0.15, 0.2) is 11.4 Å². The smallest absolute Gasteiger partial charge is 0.324 e. The molecule has 1 aromatic rings. The van der Waals surface area contributed by atoms with E-state index in [4.69, 9.17) is 5.11 Å². The first-order valence-electron chi connectivity index (χ1n) is 5.19. The molecule has 0 atom stereocenters. The van der Waals surface area contributed by atoms with Crippen LogP contribution in [0.25, 0.3) is 0 Å². The van der Waals surface area contributed by atoms with Crippen molar-refractivity contribution >= 4 is 28.2 Å². The molecule has 0 bridgehead atoms. The topological polar surface area (TPSA) is 101 Å². The van der Waals surface area contributed by atoms with Crippen molar-refractivity contribution in [3.05, 3.63) is 27.1 Å². The number of amides is 1. The maximum absolute atomic E-state index is 11.9. The van der Waals surface area contributed by atoms with Crippen LogP contribution in [0.1, 0.15) is 23.7 Å². The zero-order valence-corrected chi connectivity index (χ0v) is 10.5. The maximum atomic E-state index is 11.9. The summed E-state index contributed by atoms with van der Waals surface area (Å²) in [6.07, 6.45) is -0.147. The van der Waals surface area contributed by atoms with Crippen molar-refractivity contribution in [2.75, 3.05) is 13.1 Å². The molecule has 1 amide bonds. The fourth-order valence-electron chi connectivity index (χ4n) is 1.35. The predicted molar refractivity (Wildman–Crippen MR) is 64.8 cm³/mol. The van der Waals surface area contributed by atoms with E-state index in [1.807, 2.05) is 0 Å². The molecule has 0 unspecified atom stereocenters. The van der Waals surface area contributed by atoms with Gasteiger partial charge >= 0.3 is 11.0 Å². The van der Waals surface area contributed by atoms with Crippen LogP contribution in [0.2, 0.25) is 0 Å². The highest BCUT2D eigenvalue weighted by Crippen LogP contribution is 2.23. The monoisotopic (exact) mass is 272 g/mol. The van der Waals surface area contributed by atoms with E-state index in [1.54, 1.807) is 6.92 Å². The minimum Gasteiger partial charge on any atom is -0.481 e. The molecule has 0 saturated heterocycles. The first-order valence-corrected chi connectivity index (χ1v) is 6.07. The van der Waals surface area contributed by atoms with Crippen LogP contribution < -0.4 is 0 Å². The average Bonchev–Trinajstić information content (AvgIpc) is 2.78. The number of aliphatic carboxylic acids is 1. The van der Waals surface area contributed by atoms with Gasteiger partial charge in [0.15, 0.2) is 0 Å². The molecule has 18 heavy (non-hydrogen) atoms. The summed E-state index contributed by atoms with van der Waals surface area (Å²) in [5.41, 5.74) is 0.221. The normalized spacial score (nSPS) is 10.1. The number of hydrogen-bond donors (Lipinski definition) is 1. The Morgan fingerprint density at radius 2 is 2.22 bits per heavy atom. The molecule has 0 aliphatic carbocycles. The van der Waals surface area contributed by atoms with Crippen molar-refractivity contribution in [1.29, 1.82) is 0 Å². The van der Waals surface area contributed by atoms with Gasteiger partial charge in [-0.3, -0.25) is 19.7 Å². The second-order valence-electron chi connectivity index (χ2n) is 3.46. The Bertz CT molecular complexity index is 471. The van der Waals surface area contributed by atoms with Gasteiger partial charge in [-0.1, -0.05) is 11.3 Å². The second-order valence-corrected chi connectivity index (χ2v) is 4.35. The molecule has 0 aliphatic rings. The number of rotatable bonds is 6. The van der Waals surface area contributed by atoms with Crippen LogP contribution in [0, 0.1) is 10.1 Å². The van der Waals surface area contributed by atoms with Crippen molar-refractivity contribution in [2.45, 2.75) is 13.3 Å². The van der Waals surface area contributed by atoms with E-state index in [9.17, 15) is 19.7 Å². The van der Waals surface area contributed by atoms with E-state index >= 15 is 0 Å². The highest BCUT2D eigenvalue weighted by atomic mass is 32.1. The lowest BCUT2D eigenvalue weighted by Crippen LogP contribution is -2.32. The highest BCUT2D eigenvalue weighted by molar-refractivity contribution is 7.13. The van der Waals surface area contributed by atoms with Crippen molar-refractivity contribution in [3.8, 4) is 0 Å². The van der Waals surface area contributed by atoms with E-state index in [0.29, 0.717) is 6.54 Å². The summed E-state index contributed by atoms with van der Waals surface area (Å²) in [7, 11) is 0. The molecule has 98 valence electrons. The van der Waals surface area contributed by atoms with Gasteiger partial charge in [-0.15, -0.1) is 0 Å². The number of carboxylic acids is 1. The summed E-state index contributed by atoms with van der Waals surface area (Å²) in [6.45, 7) is 2.17. The Labute approximate surface area is 107 Å². The van der Waals surface area contributed by atoms with Gasteiger partial charge in [0, 0.05) is 24.5 Å². The minimum absolute atomic E-state index is 0.0916. The number of hydrogen-bond acceptors (Lipinski definition) is 5. The molecule has 0 spiro atoms. The van der Waals surface area contributed by atoms with E-state index in [2.05, 4.69) is 0 Å². The van der Waals surface area contributed by atoms with E-state index in [1.165, 1.54) is 16.3 Å². The summed E-state index contributed by atoms with van der Waals surface area (Å²) in [5, 5.41) is 20.4. The number of carbonyl (C=O) groups is 2. The van der Waals surface area contributed by atoms with Crippen molar-refractivity contribution < 1.29 is 19.6 Å². The van der Waals surface area contributed by atoms with Gasteiger partial charge in [-0.2, -0.15) is 0 Å². The molecular weight excluding hydrogens is 260 g/mol. The molecule has 0 aromatic carbocycles. The van der Waals surface area contributed by atoms with Crippen LogP contribution >= 0.6 is 11.3 Å². The van der Waals surface area contributed by atoms with Crippen LogP contribution in [-0.2, 0) is 4.79 Å². The van der Waals surface area contributed by atoms with Crippen molar-refractivity contribution in [3.63, 3.8) is 0 Å². The van der Waals surface area contributed by atoms with Crippen molar-refractivity contribution in [2.24, 2.45) is 0 Å². The second kappa shape index (κ2) is 6.10. The van der Waals surface area contributed by atoms with E-state index in [-0.39, 0.29) is 29.4 Å². The van der Waals surface area contributed by atoms with Crippen LogP contribution in [0.5, 0.6) is 0 Å². The predicted octanol–water partition coefficient (Wildman–Crippen LogP) is 1.59. The molecule has 0 radical (unpaired) electrons. The van der Waals surface area contributed by atoms with Gasteiger partial charge in [0.1, 0.15) is 0 Å². The van der Waals surface area contributed by atoms with Gasteiger partial charge in [0.25, 0.3) is 5.91 Å². The van der Waals surface area contributed by atoms with Crippen LogP contribution in [0.4, 0.5) is 5.00 Å². The molecular formula is C10H12N2O5S. The molecule has 1 rings (SSSR count).